The first-order chi connectivity index (χ1) is 10.2. The fraction of sp³-hybridized carbons (Fsp3) is 0.467. The van der Waals surface area contributed by atoms with Crippen molar-refractivity contribution in [2.24, 2.45) is 0 Å². The molecule has 2 aromatic rings. The first-order valence-corrected chi connectivity index (χ1v) is 7.08. The Morgan fingerprint density at radius 2 is 1.76 bits per heavy atom. The van der Waals surface area contributed by atoms with Gasteiger partial charge in [0.05, 0.1) is 19.8 Å². The summed E-state index contributed by atoms with van der Waals surface area (Å²) in [5.74, 6) is 2.68. The van der Waals surface area contributed by atoms with E-state index in [1.54, 1.807) is 26.4 Å². The van der Waals surface area contributed by atoms with Gasteiger partial charge in [-0.2, -0.15) is 0 Å². The molecule has 1 aromatic heterocycles. The number of ether oxygens (including phenoxy) is 2. The molecule has 0 spiro atoms. The van der Waals surface area contributed by atoms with E-state index in [-0.39, 0.29) is 0 Å². The largest absolute Gasteiger partial charge is 0.493 e. The first kappa shape index (κ1) is 13.7. The van der Waals surface area contributed by atoms with Crippen molar-refractivity contribution in [3.8, 4) is 23.0 Å². The Kier molecular flexibility index (Phi) is 3.68. The molecule has 112 valence electrons. The molecule has 1 aliphatic carbocycles. The summed E-state index contributed by atoms with van der Waals surface area (Å²) in [6.45, 7) is 0. The van der Waals surface area contributed by atoms with Gasteiger partial charge in [-0.25, -0.2) is 0 Å². The topological polar surface area (TPSA) is 83.4 Å². The van der Waals surface area contributed by atoms with Crippen molar-refractivity contribution in [3.63, 3.8) is 0 Å². The molecule has 1 saturated carbocycles. The standard InChI is InChI=1S/C15H19N3O3/c1-19-12-7-10(11(16)8-13(12)20-2)15-18-17-14(21-15)9-5-3-4-6-9/h7-9H,3-6,16H2,1-2H3. The molecule has 3 rings (SSSR count). The highest BCUT2D eigenvalue weighted by Gasteiger charge is 2.24. The third-order valence-corrected chi connectivity index (χ3v) is 3.93. The Labute approximate surface area is 123 Å². The van der Waals surface area contributed by atoms with Gasteiger partial charge in [-0.05, 0) is 18.9 Å². The number of aromatic nitrogens is 2. The number of methoxy groups -OCH3 is 2. The number of nitrogen functional groups attached to an aromatic ring is 1. The van der Waals surface area contributed by atoms with Gasteiger partial charge in [0.25, 0.3) is 0 Å². The molecule has 0 amide bonds. The van der Waals surface area contributed by atoms with Crippen LogP contribution in [0.5, 0.6) is 11.5 Å². The second kappa shape index (κ2) is 5.63. The van der Waals surface area contributed by atoms with Crippen molar-refractivity contribution in [2.45, 2.75) is 31.6 Å². The molecule has 21 heavy (non-hydrogen) atoms. The average molecular weight is 289 g/mol. The lowest BCUT2D eigenvalue weighted by Crippen LogP contribution is -1.96. The van der Waals surface area contributed by atoms with Crippen LogP contribution in [0.2, 0.25) is 0 Å². The molecular weight excluding hydrogens is 270 g/mol. The minimum Gasteiger partial charge on any atom is -0.493 e. The molecule has 1 fully saturated rings. The monoisotopic (exact) mass is 289 g/mol. The molecule has 0 aliphatic heterocycles. The van der Waals surface area contributed by atoms with Crippen LogP contribution in [-0.2, 0) is 0 Å². The summed E-state index contributed by atoms with van der Waals surface area (Å²) in [5.41, 5.74) is 7.25. The number of rotatable bonds is 4. The fourth-order valence-electron chi connectivity index (χ4n) is 2.76. The summed E-state index contributed by atoms with van der Waals surface area (Å²) in [6.07, 6.45) is 4.67. The van der Waals surface area contributed by atoms with E-state index in [9.17, 15) is 0 Å². The van der Waals surface area contributed by atoms with Crippen LogP contribution in [0.4, 0.5) is 5.69 Å². The lowest BCUT2D eigenvalue weighted by Gasteiger charge is -2.10. The predicted molar refractivity (Wildman–Crippen MR) is 78.5 cm³/mol. The van der Waals surface area contributed by atoms with Gasteiger partial charge >= 0.3 is 0 Å². The highest BCUT2D eigenvalue weighted by atomic mass is 16.5. The molecule has 6 heteroatoms. The quantitative estimate of drug-likeness (QED) is 0.871. The van der Waals surface area contributed by atoms with Crippen molar-refractivity contribution in [1.29, 1.82) is 0 Å². The Hall–Kier alpha value is -2.24. The highest BCUT2D eigenvalue weighted by Crippen LogP contribution is 2.38. The molecule has 0 bridgehead atoms. The van der Waals surface area contributed by atoms with Crippen LogP contribution in [0.1, 0.15) is 37.5 Å². The van der Waals surface area contributed by atoms with Gasteiger partial charge in [0, 0.05) is 17.7 Å². The Morgan fingerprint density at radius 3 is 2.43 bits per heavy atom. The van der Waals surface area contributed by atoms with E-state index < -0.39 is 0 Å². The zero-order valence-corrected chi connectivity index (χ0v) is 12.3. The summed E-state index contributed by atoms with van der Waals surface area (Å²) >= 11 is 0. The molecule has 0 saturated heterocycles. The summed E-state index contributed by atoms with van der Waals surface area (Å²) in [6, 6.07) is 3.47. The maximum atomic E-state index is 6.05. The fourth-order valence-corrected chi connectivity index (χ4v) is 2.76. The highest BCUT2D eigenvalue weighted by molar-refractivity contribution is 5.74. The number of nitrogens with two attached hydrogens (primary N) is 1. The van der Waals surface area contributed by atoms with Crippen LogP contribution in [0.15, 0.2) is 16.5 Å². The van der Waals surface area contributed by atoms with E-state index in [0.717, 1.165) is 12.8 Å². The second-order valence-electron chi connectivity index (χ2n) is 5.22. The zero-order chi connectivity index (χ0) is 14.8. The van der Waals surface area contributed by atoms with Crippen LogP contribution < -0.4 is 15.2 Å². The average Bonchev–Trinajstić information content (AvgIpc) is 3.17. The van der Waals surface area contributed by atoms with E-state index in [1.165, 1.54) is 12.8 Å². The van der Waals surface area contributed by atoms with Crippen LogP contribution in [-0.4, -0.2) is 24.4 Å². The Morgan fingerprint density at radius 1 is 1.10 bits per heavy atom. The van der Waals surface area contributed by atoms with Gasteiger partial charge in [-0.3, -0.25) is 0 Å². The van der Waals surface area contributed by atoms with E-state index in [4.69, 9.17) is 19.6 Å². The first-order valence-electron chi connectivity index (χ1n) is 7.08. The molecule has 0 radical (unpaired) electrons. The minimum atomic E-state index is 0.382. The van der Waals surface area contributed by atoms with Crippen molar-refractivity contribution >= 4 is 5.69 Å². The molecule has 2 N–H and O–H groups in total. The minimum absolute atomic E-state index is 0.382. The second-order valence-corrected chi connectivity index (χ2v) is 5.22. The van der Waals surface area contributed by atoms with Crippen LogP contribution in [0.25, 0.3) is 11.5 Å². The summed E-state index contributed by atoms with van der Waals surface area (Å²) in [4.78, 5) is 0. The molecular formula is C15H19N3O3. The number of anilines is 1. The third kappa shape index (κ3) is 2.53. The van der Waals surface area contributed by atoms with Crippen LogP contribution in [0, 0.1) is 0 Å². The molecule has 1 heterocycles. The maximum absolute atomic E-state index is 6.05. The van der Waals surface area contributed by atoms with Crippen LogP contribution in [0.3, 0.4) is 0 Å². The number of hydrogen-bond acceptors (Lipinski definition) is 6. The predicted octanol–water partition coefficient (Wildman–Crippen LogP) is 2.99. The Bertz CT molecular complexity index is 633. The zero-order valence-electron chi connectivity index (χ0n) is 12.3. The summed E-state index contributed by atoms with van der Waals surface area (Å²) < 4.78 is 16.3. The SMILES string of the molecule is COc1cc(N)c(-c2nnc(C3CCCC3)o2)cc1OC. The summed E-state index contributed by atoms with van der Waals surface area (Å²) in [7, 11) is 3.15. The van der Waals surface area contributed by atoms with Crippen molar-refractivity contribution in [2.75, 3.05) is 20.0 Å². The van der Waals surface area contributed by atoms with Crippen LogP contribution >= 0.6 is 0 Å². The lowest BCUT2D eigenvalue weighted by atomic mass is 10.1. The van der Waals surface area contributed by atoms with Crippen molar-refractivity contribution in [1.82, 2.24) is 10.2 Å². The van der Waals surface area contributed by atoms with Gasteiger partial charge in [-0.1, -0.05) is 12.8 Å². The van der Waals surface area contributed by atoms with E-state index in [2.05, 4.69) is 10.2 Å². The normalized spacial score (nSPS) is 15.3. The number of nitrogens with zero attached hydrogens (tertiary/aromatic N) is 2. The number of benzene rings is 1. The molecule has 0 atom stereocenters. The van der Waals surface area contributed by atoms with E-state index in [1.807, 2.05) is 0 Å². The molecule has 6 nitrogen and oxygen atoms in total. The smallest absolute Gasteiger partial charge is 0.249 e. The third-order valence-electron chi connectivity index (χ3n) is 3.93. The Balaban J connectivity index is 1.96. The molecule has 1 aliphatic rings. The van der Waals surface area contributed by atoms with Crippen molar-refractivity contribution < 1.29 is 13.9 Å². The van der Waals surface area contributed by atoms with E-state index in [0.29, 0.717) is 40.4 Å². The number of hydrogen-bond donors (Lipinski definition) is 1. The van der Waals surface area contributed by atoms with Gasteiger partial charge in [0.1, 0.15) is 0 Å². The summed E-state index contributed by atoms with van der Waals surface area (Å²) in [5, 5.41) is 8.30. The lowest BCUT2D eigenvalue weighted by molar-refractivity contribution is 0.355. The van der Waals surface area contributed by atoms with Gasteiger partial charge in [-0.15, -0.1) is 10.2 Å². The van der Waals surface area contributed by atoms with E-state index >= 15 is 0 Å². The molecule has 0 unspecified atom stereocenters. The van der Waals surface area contributed by atoms with Gasteiger partial charge in [0.15, 0.2) is 11.5 Å². The van der Waals surface area contributed by atoms with Crippen molar-refractivity contribution in [3.05, 3.63) is 18.0 Å². The van der Waals surface area contributed by atoms with Gasteiger partial charge in [0.2, 0.25) is 11.8 Å². The molecule has 1 aromatic carbocycles. The van der Waals surface area contributed by atoms with Gasteiger partial charge < -0.3 is 19.6 Å². The maximum Gasteiger partial charge on any atom is 0.249 e.